The molecule has 0 spiro atoms. The maximum absolute atomic E-state index is 12.6. The van der Waals surface area contributed by atoms with Crippen molar-refractivity contribution in [3.05, 3.63) is 35.9 Å². The minimum atomic E-state index is -3.17. The van der Waals surface area contributed by atoms with Gasteiger partial charge in [0.15, 0.2) is 0 Å². The lowest BCUT2D eigenvalue weighted by atomic mass is 10.1. The first-order valence-corrected chi connectivity index (χ1v) is 11.4. The van der Waals surface area contributed by atoms with E-state index in [1.54, 1.807) is 11.8 Å². The number of piperazine rings is 1. The van der Waals surface area contributed by atoms with Gasteiger partial charge in [-0.15, -0.1) is 0 Å². The summed E-state index contributed by atoms with van der Waals surface area (Å²) in [6, 6.07) is 10.4. The first kappa shape index (κ1) is 20.1. The van der Waals surface area contributed by atoms with Crippen molar-refractivity contribution in [3.63, 3.8) is 0 Å². The molecule has 150 valence electrons. The average molecular weight is 395 g/mol. The lowest BCUT2D eigenvalue weighted by Gasteiger charge is -2.35. The first-order chi connectivity index (χ1) is 13.0. The second-order valence-electron chi connectivity index (χ2n) is 7.14. The fraction of sp³-hybridized carbons (Fsp3) is 0.632. The van der Waals surface area contributed by atoms with E-state index in [0.717, 1.165) is 13.1 Å². The van der Waals surface area contributed by atoms with Crippen LogP contribution in [0.3, 0.4) is 0 Å². The monoisotopic (exact) mass is 394 g/mol. The molecule has 0 aliphatic carbocycles. The zero-order valence-electron chi connectivity index (χ0n) is 16.0. The fourth-order valence-corrected chi connectivity index (χ4v) is 4.92. The maximum atomic E-state index is 12.6. The van der Waals surface area contributed by atoms with Crippen molar-refractivity contribution in [2.75, 3.05) is 51.6 Å². The number of hydrogen-bond donors (Lipinski definition) is 1. The molecular weight excluding hydrogens is 364 g/mol. The van der Waals surface area contributed by atoms with Crippen LogP contribution in [0.25, 0.3) is 0 Å². The van der Waals surface area contributed by atoms with Crippen LogP contribution in [-0.2, 0) is 10.0 Å². The van der Waals surface area contributed by atoms with Gasteiger partial charge in [-0.2, -0.15) is 4.31 Å². The zero-order valence-corrected chi connectivity index (χ0v) is 16.8. The van der Waals surface area contributed by atoms with Gasteiger partial charge in [0.1, 0.15) is 0 Å². The van der Waals surface area contributed by atoms with Crippen LogP contribution in [0.4, 0.5) is 4.79 Å². The zero-order chi connectivity index (χ0) is 19.3. The molecule has 0 bridgehead atoms. The summed E-state index contributed by atoms with van der Waals surface area (Å²) in [5.41, 5.74) is 1.22. The third-order valence-corrected chi connectivity index (χ3v) is 7.38. The van der Waals surface area contributed by atoms with E-state index in [0.29, 0.717) is 32.7 Å². The molecule has 7 nitrogen and oxygen atoms in total. The molecule has 27 heavy (non-hydrogen) atoms. The van der Waals surface area contributed by atoms with Gasteiger partial charge in [-0.3, -0.25) is 4.90 Å². The smallest absolute Gasteiger partial charge is 0.317 e. The molecule has 2 saturated heterocycles. The van der Waals surface area contributed by atoms with Crippen LogP contribution in [0, 0.1) is 0 Å². The number of likely N-dealkylation sites (tertiary alicyclic amines) is 1. The van der Waals surface area contributed by atoms with E-state index in [1.807, 2.05) is 18.2 Å². The lowest BCUT2D eigenvalue weighted by molar-refractivity contribution is 0.166. The maximum Gasteiger partial charge on any atom is 0.317 e. The molecule has 1 aromatic rings. The van der Waals surface area contributed by atoms with Gasteiger partial charge >= 0.3 is 6.03 Å². The highest BCUT2D eigenvalue weighted by atomic mass is 32.2. The number of amides is 2. The molecule has 1 N–H and O–H groups in total. The van der Waals surface area contributed by atoms with E-state index in [1.165, 1.54) is 22.7 Å². The molecule has 1 unspecified atom stereocenters. The van der Waals surface area contributed by atoms with Crippen LogP contribution in [0.1, 0.15) is 31.4 Å². The topological polar surface area (TPSA) is 73.0 Å². The second kappa shape index (κ2) is 9.03. The Labute approximate surface area is 162 Å². The van der Waals surface area contributed by atoms with E-state index >= 15 is 0 Å². The van der Waals surface area contributed by atoms with E-state index in [9.17, 15) is 13.2 Å². The first-order valence-electron chi connectivity index (χ1n) is 9.81. The van der Waals surface area contributed by atoms with Crippen LogP contribution < -0.4 is 5.32 Å². The summed E-state index contributed by atoms with van der Waals surface area (Å²) in [6.07, 6.45) is 2.40. The summed E-state index contributed by atoms with van der Waals surface area (Å²) in [5, 5.41) is 3.07. The lowest BCUT2D eigenvalue weighted by Crippen LogP contribution is -2.54. The number of sulfonamides is 1. The second-order valence-corrected chi connectivity index (χ2v) is 9.40. The fourth-order valence-electron chi connectivity index (χ4n) is 3.83. The molecule has 0 radical (unpaired) electrons. The van der Waals surface area contributed by atoms with Crippen molar-refractivity contribution in [2.45, 2.75) is 25.8 Å². The molecule has 2 amide bonds. The highest BCUT2D eigenvalue weighted by Crippen LogP contribution is 2.24. The van der Waals surface area contributed by atoms with E-state index in [4.69, 9.17) is 0 Å². The van der Waals surface area contributed by atoms with Gasteiger partial charge in [-0.25, -0.2) is 13.2 Å². The Morgan fingerprint density at radius 1 is 1.04 bits per heavy atom. The van der Waals surface area contributed by atoms with E-state index in [2.05, 4.69) is 22.3 Å². The molecule has 1 atom stereocenters. The van der Waals surface area contributed by atoms with Crippen molar-refractivity contribution in [2.24, 2.45) is 0 Å². The van der Waals surface area contributed by atoms with Gasteiger partial charge in [0.25, 0.3) is 0 Å². The Morgan fingerprint density at radius 2 is 1.67 bits per heavy atom. The van der Waals surface area contributed by atoms with Gasteiger partial charge in [0.05, 0.1) is 11.8 Å². The minimum Gasteiger partial charge on any atom is -0.336 e. The molecule has 2 fully saturated rings. The minimum absolute atomic E-state index is 0.105. The standard InChI is InChI=1S/C19H30N4O3S/c1-2-27(25,26)23-14-12-22(13-15-23)19(24)20-16-18(21-10-6-7-11-21)17-8-4-3-5-9-17/h3-5,8-9,18H,2,6-7,10-16H2,1H3,(H,20,24). The van der Waals surface area contributed by atoms with Crippen LogP contribution in [0.5, 0.6) is 0 Å². The highest BCUT2D eigenvalue weighted by Gasteiger charge is 2.29. The Hall–Kier alpha value is -1.64. The van der Waals surface area contributed by atoms with Gasteiger partial charge in [0.2, 0.25) is 10.0 Å². The number of nitrogens with zero attached hydrogens (tertiary/aromatic N) is 3. The number of nitrogens with one attached hydrogen (secondary N) is 1. The third-order valence-electron chi connectivity index (χ3n) is 5.50. The van der Waals surface area contributed by atoms with Crippen molar-refractivity contribution in [1.82, 2.24) is 19.4 Å². The summed E-state index contributed by atoms with van der Waals surface area (Å²) < 4.78 is 25.4. The number of rotatable bonds is 6. The molecule has 2 aliphatic heterocycles. The SMILES string of the molecule is CCS(=O)(=O)N1CCN(C(=O)NCC(c2ccccc2)N2CCCC2)CC1. The van der Waals surface area contributed by atoms with Crippen molar-refractivity contribution in [3.8, 4) is 0 Å². The molecule has 2 aliphatic rings. The molecule has 8 heteroatoms. The van der Waals surface area contributed by atoms with E-state index in [-0.39, 0.29) is 17.8 Å². The largest absolute Gasteiger partial charge is 0.336 e. The van der Waals surface area contributed by atoms with Crippen LogP contribution >= 0.6 is 0 Å². The van der Waals surface area contributed by atoms with Crippen LogP contribution in [0.15, 0.2) is 30.3 Å². The Morgan fingerprint density at radius 3 is 2.26 bits per heavy atom. The molecule has 2 heterocycles. The number of carbonyl (C=O) groups is 1. The van der Waals surface area contributed by atoms with Crippen LogP contribution in [0.2, 0.25) is 0 Å². The summed E-state index contributed by atoms with van der Waals surface area (Å²) >= 11 is 0. The van der Waals surface area contributed by atoms with E-state index < -0.39 is 10.0 Å². The summed E-state index contributed by atoms with van der Waals surface area (Å²) in [4.78, 5) is 16.8. The van der Waals surface area contributed by atoms with Gasteiger partial charge in [-0.05, 0) is 38.4 Å². The Kier molecular flexibility index (Phi) is 6.73. The van der Waals surface area contributed by atoms with Crippen molar-refractivity contribution in [1.29, 1.82) is 0 Å². The number of urea groups is 1. The van der Waals surface area contributed by atoms with Gasteiger partial charge < -0.3 is 10.2 Å². The van der Waals surface area contributed by atoms with Crippen LogP contribution in [-0.4, -0.2) is 80.1 Å². The number of hydrogen-bond acceptors (Lipinski definition) is 4. The third kappa shape index (κ3) is 5.00. The average Bonchev–Trinajstić information content (AvgIpc) is 3.23. The van der Waals surface area contributed by atoms with Crippen molar-refractivity contribution < 1.29 is 13.2 Å². The summed E-state index contributed by atoms with van der Waals surface area (Å²) in [7, 11) is -3.17. The predicted molar refractivity (Wildman–Crippen MR) is 106 cm³/mol. The molecule has 0 saturated carbocycles. The summed E-state index contributed by atoms with van der Waals surface area (Å²) in [5.74, 6) is 0.105. The molecule has 0 aromatic heterocycles. The van der Waals surface area contributed by atoms with Crippen molar-refractivity contribution >= 4 is 16.1 Å². The van der Waals surface area contributed by atoms with Gasteiger partial charge in [0, 0.05) is 32.7 Å². The highest BCUT2D eigenvalue weighted by molar-refractivity contribution is 7.89. The molecular formula is C19H30N4O3S. The Bertz CT molecular complexity index is 712. The predicted octanol–water partition coefficient (Wildman–Crippen LogP) is 1.50. The molecule has 3 rings (SSSR count). The quantitative estimate of drug-likeness (QED) is 0.794. The number of carbonyl (C=O) groups excluding carboxylic acids is 1. The molecule has 1 aromatic carbocycles. The summed E-state index contributed by atoms with van der Waals surface area (Å²) in [6.45, 7) is 5.95. The van der Waals surface area contributed by atoms with Gasteiger partial charge in [-0.1, -0.05) is 30.3 Å². The number of benzene rings is 1. The Balaban J connectivity index is 1.55. The normalized spacial score (nSPS) is 20.6.